The minimum atomic E-state index is -0.954. The summed E-state index contributed by atoms with van der Waals surface area (Å²) in [6, 6.07) is -0.773. The van der Waals surface area contributed by atoms with Gasteiger partial charge in [-0.25, -0.2) is 4.79 Å². The van der Waals surface area contributed by atoms with Crippen LogP contribution in [0.15, 0.2) is 0 Å². The van der Waals surface area contributed by atoms with Crippen LogP contribution in [0.5, 0.6) is 0 Å². The minimum absolute atomic E-state index is 0.0912. The van der Waals surface area contributed by atoms with E-state index < -0.39 is 12.0 Å². The molecule has 16 heavy (non-hydrogen) atoms. The van der Waals surface area contributed by atoms with Crippen LogP contribution in [0.4, 0.5) is 0 Å². The van der Waals surface area contributed by atoms with Gasteiger partial charge < -0.3 is 10.4 Å². The lowest BCUT2D eigenvalue weighted by Crippen LogP contribution is -2.49. The SMILES string of the molecule is CC(C)C(NC(=O)C1(C)CCCC1)C(=O)O. The van der Waals surface area contributed by atoms with Crippen molar-refractivity contribution in [2.24, 2.45) is 11.3 Å². The van der Waals surface area contributed by atoms with Crippen molar-refractivity contribution in [2.75, 3.05) is 0 Å². The van der Waals surface area contributed by atoms with Crippen molar-refractivity contribution >= 4 is 11.9 Å². The fourth-order valence-electron chi connectivity index (χ4n) is 2.21. The Balaban J connectivity index is 2.65. The number of carbonyl (C=O) groups excluding carboxylic acids is 1. The van der Waals surface area contributed by atoms with Gasteiger partial charge in [-0.2, -0.15) is 0 Å². The van der Waals surface area contributed by atoms with Crippen LogP contribution in [0, 0.1) is 11.3 Å². The highest BCUT2D eigenvalue weighted by Gasteiger charge is 2.38. The van der Waals surface area contributed by atoms with E-state index in [0.717, 1.165) is 25.7 Å². The summed E-state index contributed by atoms with van der Waals surface area (Å²) in [7, 11) is 0. The van der Waals surface area contributed by atoms with Crippen LogP contribution in [-0.2, 0) is 9.59 Å². The topological polar surface area (TPSA) is 66.4 Å². The summed E-state index contributed by atoms with van der Waals surface area (Å²) < 4.78 is 0. The predicted octanol–water partition coefficient (Wildman–Crippen LogP) is 1.79. The Labute approximate surface area is 96.4 Å². The normalized spacial score (nSPS) is 20.8. The van der Waals surface area contributed by atoms with Gasteiger partial charge in [0, 0.05) is 5.41 Å². The van der Waals surface area contributed by atoms with Gasteiger partial charge in [0.15, 0.2) is 0 Å². The number of amides is 1. The summed E-state index contributed by atoms with van der Waals surface area (Å²) in [6.45, 7) is 5.53. The van der Waals surface area contributed by atoms with Crippen LogP contribution in [0.2, 0.25) is 0 Å². The molecule has 4 heteroatoms. The molecule has 1 amide bonds. The third-order valence-corrected chi connectivity index (χ3v) is 3.47. The Morgan fingerprint density at radius 2 is 1.75 bits per heavy atom. The van der Waals surface area contributed by atoms with E-state index in [2.05, 4.69) is 5.32 Å². The van der Waals surface area contributed by atoms with Gasteiger partial charge in [0.25, 0.3) is 0 Å². The van der Waals surface area contributed by atoms with Crippen LogP contribution in [0.3, 0.4) is 0 Å². The Morgan fingerprint density at radius 3 is 2.12 bits per heavy atom. The average Bonchev–Trinajstić information content (AvgIpc) is 2.61. The van der Waals surface area contributed by atoms with Gasteiger partial charge in [-0.3, -0.25) is 4.79 Å². The number of nitrogens with one attached hydrogen (secondary N) is 1. The van der Waals surface area contributed by atoms with Crippen molar-refractivity contribution in [2.45, 2.75) is 52.5 Å². The van der Waals surface area contributed by atoms with E-state index in [0.29, 0.717) is 0 Å². The minimum Gasteiger partial charge on any atom is -0.480 e. The van der Waals surface area contributed by atoms with E-state index in [-0.39, 0.29) is 17.2 Å². The molecule has 1 aliphatic rings. The Kier molecular flexibility index (Phi) is 3.94. The first-order chi connectivity index (χ1) is 7.37. The van der Waals surface area contributed by atoms with Gasteiger partial charge in [-0.05, 0) is 18.8 Å². The molecular weight excluding hydrogens is 206 g/mol. The van der Waals surface area contributed by atoms with Gasteiger partial charge in [0.2, 0.25) is 5.91 Å². The number of aliphatic carboxylic acids is 1. The van der Waals surface area contributed by atoms with E-state index in [1.807, 2.05) is 6.92 Å². The van der Waals surface area contributed by atoms with Crippen molar-refractivity contribution in [3.05, 3.63) is 0 Å². The van der Waals surface area contributed by atoms with Crippen molar-refractivity contribution in [1.82, 2.24) is 5.32 Å². The zero-order chi connectivity index (χ0) is 12.3. The number of carbonyl (C=O) groups is 2. The molecular formula is C12H21NO3. The highest BCUT2D eigenvalue weighted by atomic mass is 16.4. The number of carboxylic acids is 1. The Morgan fingerprint density at radius 1 is 1.25 bits per heavy atom. The van der Waals surface area contributed by atoms with E-state index >= 15 is 0 Å². The smallest absolute Gasteiger partial charge is 0.326 e. The monoisotopic (exact) mass is 227 g/mol. The maximum Gasteiger partial charge on any atom is 0.326 e. The molecule has 1 fully saturated rings. The molecule has 1 rings (SSSR count). The molecule has 0 radical (unpaired) electrons. The predicted molar refractivity (Wildman–Crippen MR) is 61.0 cm³/mol. The third kappa shape index (κ3) is 2.74. The highest BCUT2D eigenvalue weighted by Crippen LogP contribution is 2.37. The molecule has 2 N–H and O–H groups in total. The molecule has 0 aromatic rings. The van der Waals surface area contributed by atoms with Gasteiger partial charge in [0.05, 0.1) is 0 Å². The number of hydrogen-bond acceptors (Lipinski definition) is 2. The molecule has 1 unspecified atom stereocenters. The molecule has 0 heterocycles. The van der Waals surface area contributed by atoms with Crippen LogP contribution in [0.1, 0.15) is 46.5 Å². The number of hydrogen-bond donors (Lipinski definition) is 2. The van der Waals surface area contributed by atoms with Crippen molar-refractivity contribution in [1.29, 1.82) is 0 Å². The Bertz CT molecular complexity index is 280. The molecule has 4 nitrogen and oxygen atoms in total. The zero-order valence-electron chi connectivity index (χ0n) is 10.2. The highest BCUT2D eigenvalue weighted by molar-refractivity contribution is 5.87. The Hall–Kier alpha value is -1.06. The van der Waals surface area contributed by atoms with Crippen molar-refractivity contribution in [3.8, 4) is 0 Å². The molecule has 0 aromatic heterocycles. The second kappa shape index (κ2) is 4.85. The molecule has 0 aromatic carbocycles. The number of rotatable bonds is 4. The molecule has 0 saturated heterocycles. The summed E-state index contributed by atoms with van der Waals surface area (Å²) in [4.78, 5) is 23.0. The van der Waals surface area contributed by atoms with E-state index in [9.17, 15) is 9.59 Å². The summed E-state index contributed by atoms with van der Waals surface area (Å²) in [5.41, 5.74) is -0.359. The molecule has 0 aliphatic heterocycles. The zero-order valence-corrected chi connectivity index (χ0v) is 10.2. The molecule has 1 saturated carbocycles. The first kappa shape index (κ1) is 13.0. The molecule has 1 atom stereocenters. The van der Waals surface area contributed by atoms with Crippen molar-refractivity contribution in [3.63, 3.8) is 0 Å². The molecule has 0 spiro atoms. The van der Waals surface area contributed by atoms with E-state index in [1.54, 1.807) is 13.8 Å². The summed E-state index contributed by atoms with van der Waals surface area (Å²) in [6.07, 6.45) is 3.85. The maximum absolute atomic E-state index is 12.0. The van der Waals surface area contributed by atoms with Crippen LogP contribution >= 0.6 is 0 Å². The lowest BCUT2D eigenvalue weighted by atomic mass is 9.87. The van der Waals surface area contributed by atoms with Gasteiger partial charge in [-0.15, -0.1) is 0 Å². The lowest BCUT2D eigenvalue weighted by molar-refractivity contribution is -0.144. The summed E-state index contributed by atoms with van der Waals surface area (Å²) in [5.74, 6) is -1.15. The van der Waals surface area contributed by atoms with Gasteiger partial charge in [0.1, 0.15) is 6.04 Å². The summed E-state index contributed by atoms with van der Waals surface area (Å²) >= 11 is 0. The second-order valence-electron chi connectivity index (χ2n) is 5.30. The summed E-state index contributed by atoms with van der Waals surface area (Å²) in [5, 5.41) is 11.7. The molecule has 0 bridgehead atoms. The molecule has 92 valence electrons. The fourth-order valence-corrected chi connectivity index (χ4v) is 2.21. The van der Waals surface area contributed by atoms with Crippen LogP contribution < -0.4 is 5.32 Å². The largest absolute Gasteiger partial charge is 0.480 e. The second-order valence-corrected chi connectivity index (χ2v) is 5.30. The quantitative estimate of drug-likeness (QED) is 0.769. The van der Waals surface area contributed by atoms with E-state index in [1.165, 1.54) is 0 Å². The first-order valence-corrected chi connectivity index (χ1v) is 5.90. The van der Waals surface area contributed by atoms with Crippen LogP contribution in [0.25, 0.3) is 0 Å². The standard InChI is InChI=1S/C12H21NO3/c1-8(2)9(10(14)15)13-11(16)12(3)6-4-5-7-12/h8-9H,4-7H2,1-3H3,(H,13,16)(H,14,15). The maximum atomic E-state index is 12.0. The molecule has 1 aliphatic carbocycles. The first-order valence-electron chi connectivity index (χ1n) is 5.90. The van der Waals surface area contributed by atoms with Gasteiger partial charge >= 0.3 is 5.97 Å². The van der Waals surface area contributed by atoms with Gasteiger partial charge in [-0.1, -0.05) is 33.6 Å². The lowest BCUT2D eigenvalue weighted by Gasteiger charge is -2.26. The van der Waals surface area contributed by atoms with Crippen LogP contribution in [-0.4, -0.2) is 23.0 Å². The average molecular weight is 227 g/mol. The number of carboxylic acid groups (broad SMARTS) is 1. The van der Waals surface area contributed by atoms with Crippen molar-refractivity contribution < 1.29 is 14.7 Å². The third-order valence-electron chi connectivity index (χ3n) is 3.47. The van der Waals surface area contributed by atoms with E-state index in [4.69, 9.17) is 5.11 Å². The fraction of sp³-hybridized carbons (Fsp3) is 0.833.